The van der Waals surface area contributed by atoms with Crippen LogP contribution < -0.4 is 5.32 Å². The van der Waals surface area contributed by atoms with Crippen LogP contribution in [0.15, 0.2) is 42.6 Å². The van der Waals surface area contributed by atoms with Crippen LogP contribution in [0.25, 0.3) is 0 Å². The van der Waals surface area contributed by atoms with Crippen molar-refractivity contribution in [3.8, 4) is 0 Å². The third kappa shape index (κ3) is 3.31. The summed E-state index contributed by atoms with van der Waals surface area (Å²) in [4.78, 5) is 4.34. The van der Waals surface area contributed by atoms with Gasteiger partial charge in [0.25, 0.3) is 0 Å². The van der Waals surface area contributed by atoms with Crippen molar-refractivity contribution in [1.29, 1.82) is 0 Å². The molecule has 0 bridgehead atoms. The molecule has 0 aliphatic rings. The quantitative estimate of drug-likeness (QED) is 0.902. The average molecular weight is 261 g/mol. The number of benzene rings is 1. The van der Waals surface area contributed by atoms with Gasteiger partial charge in [0.15, 0.2) is 0 Å². The number of hydrogen-bond donors (Lipinski definition) is 1. The predicted molar refractivity (Wildman–Crippen MR) is 75.7 cm³/mol. The minimum absolute atomic E-state index is 0.237. The van der Waals surface area contributed by atoms with E-state index in [1.54, 1.807) is 0 Å². The van der Waals surface area contributed by atoms with E-state index < -0.39 is 0 Å². The number of hydrogen-bond acceptors (Lipinski definition) is 2. The van der Waals surface area contributed by atoms with Gasteiger partial charge in [-0.2, -0.15) is 0 Å². The summed E-state index contributed by atoms with van der Waals surface area (Å²) in [7, 11) is 0. The van der Waals surface area contributed by atoms with Gasteiger partial charge in [0.2, 0.25) is 0 Å². The highest BCUT2D eigenvalue weighted by molar-refractivity contribution is 6.30. The Kier molecular flexibility index (Phi) is 4.34. The smallest absolute Gasteiger partial charge is 0.0570 e. The summed E-state index contributed by atoms with van der Waals surface area (Å²) >= 11 is 5.95. The molecular formula is C15H17ClN2. The van der Waals surface area contributed by atoms with E-state index in [9.17, 15) is 0 Å². The van der Waals surface area contributed by atoms with Gasteiger partial charge in [-0.15, -0.1) is 0 Å². The molecular weight excluding hydrogens is 244 g/mol. The van der Waals surface area contributed by atoms with E-state index in [0.29, 0.717) is 0 Å². The van der Waals surface area contributed by atoms with E-state index >= 15 is 0 Å². The minimum Gasteiger partial charge on any atom is -0.305 e. The molecule has 1 aromatic carbocycles. The molecule has 0 amide bonds. The molecule has 1 N–H and O–H groups in total. The van der Waals surface area contributed by atoms with Gasteiger partial charge in [0, 0.05) is 23.8 Å². The summed E-state index contributed by atoms with van der Waals surface area (Å²) in [5.41, 5.74) is 3.54. The van der Waals surface area contributed by atoms with E-state index in [2.05, 4.69) is 30.2 Å². The van der Waals surface area contributed by atoms with Gasteiger partial charge in [-0.25, -0.2) is 0 Å². The molecule has 1 heterocycles. The van der Waals surface area contributed by atoms with Gasteiger partial charge in [0.1, 0.15) is 0 Å². The lowest BCUT2D eigenvalue weighted by Crippen LogP contribution is -2.19. The van der Waals surface area contributed by atoms with Gasteiger partial charge in [-0.1, -0.05) is 23.7 Å². The fourth-order valence-corrected chi connectivity index (χ4v) is 2.08. The van der Waals surface area contributed by atoms with Crippen LogP contribution >= 0.6 is 11.6 Å². The second kappa shape index (κ2) is 5.98. The highest BCUT2D eigenvalue weighted by atomic mass is 35.5. The average Bonchev–Trinajstić information content (AvgIpc) is 2.38. The SMILES string of the molecule is Cc1cc(Cl)ccc1CNC(C)c1ccccn1. The molecule has 1 aromatic heterocycles. The van der Waals surface area contributed by atoms with Gasteiger partial charge in [0.05, 0.1) is 5.69 Å². The molecule has 2 nitrogen and oxygen atoms in total. The Morgan fingerprint density at radius 1 is 1.28 bits per heavy atom. The minimum atomic E-state index is 0.237. The molecule has 0 radical (unpaired) electrons. The lowest BCUT2D eigenvalue weighted by Gasteiger charge is -2.14. The molecule has 1 atom stereocenters. The van der Waals surface area contributed by atoms with E-state index in [0.717, 1.165) is 17.3 Å². The lowest BCUT2D eigenvalue weighted by molar-refractivity contribution is 0.560. The van der Waals surface area contributed by atoms with Gasteiger partial charge in [-0.3, -0.25) is 4.98 Å². The predicted octanol–water partition coefficient (Wildman–Crippen LogP) is 3.89. The van der Waals surface area contributed by atoms with E-state index in [4.69, 9.17) is 11.6 Å². The third-order valence-corrected chi connectivity index (χ3v) is 3.27. The number of aryl methyl sites for hydroxylation is 1. The van der Waals surface area contributed by atoms with Gasteiger partial charge >= 0.3 is 0 Å². The number of nitrogens with one attached hydrogen (secondary N) is 1. The van der Waals surface area contributed by atoms with Crippen molar-refractivity contribution in [3.63, 3.8) is 0 Å². The fraction of sp³-hybridized carbons (Fsp3) is 0.267. The summed E-state index contributed by atoms with van der Waals surface area (Å²) < 4.78 is 0. The fourth-order valence-electron chi connectivity index (χ4n) is 1.86. The largest absolute Gasteiger partial charge is 0.305 e. The van der Waals surface area contributed by atoms with Crippen LogP contribution in [0.3, 0.4) is 0 Å². The summed E-state index contributed by atoms with van der Waals surface area (Å²) in [5, 5.41) is 4.26. The van der Waals surface area contributed by atoms with Crippen LogP contribution in [0.2, 0.25) is 5.02 Å². The van der Waals surface area contributed by atoms with E-state index in [1.807, 2.05) is 36.5 Å². The van der Waals surface area contributed by atoms with Crippen molar-refractivity contribution in [2.75, 3.05) is 0 Å². The molecule has 94 valence electrons. The second-order valence-corrected chi connectivity index (χ2v) is 4.86. The molecule has 0 saturated heterocycles. The third-order valence-electron chi connectivity index (χ3n) is 3.03. The van der Waals surface area contributed by atoms with Crippen LogP contribution in [-0.4, -0.2) is 4.98 Å². The van der Waals surface area contributed by atoms with Crippen LogP contribution in [-0.2, 0) is 6.54 Å². The lowest BCUT2D eigenvalue weighted by atomic mass is 10.1. The topological polar surface area (TPSA) is 24.9 Å². The molecule has 0 aliphatic heterocycles. The van der Waals surface area contributed by atoms with Crippen molar-refractivity contribution >= 4 is 11.6 Å². The Bertz CT molecular complexity index is 511. The maximum Gasteiger partial charge on any atom is 0.0570 e. The van der Waals surface area contributed by atoms with Crippen LogP contribution in [0.1, 0.15) is 29.8 Å². The normalized spacial score (nSPS) is 12.4. The molecule has 0 spiro atoms. The van der Waals surface area contributed by atoms with E-state index in [-0.39, 0.29) is 6.04 Å². The Hall–Kier alpha value is -1.38. The van der Waals surface area contributed by atoms with Crippen molar-refractivity contribution < 1.29 is 0 Å². The Labute approximate surface area is 113 Å². The van der Waals surface area contributed by atoms with Crippen LogP contribution in [0.5, 0.6) is 0 Å². The molecule has 0 saturated carbocycles. The molecule has 0 fully saturated rings. The number of aromatic nitrogens is 1. The van der Waals surface area contributed by atoms with Crippen molar-refractivity contribution in [1.82, 2.24) is 10.3 Å². The number of rotatable bonds is 4. The van der Waals surface area contributed by atoms with Crippen molar-refractivity contribution in [3.05, 3.63) is 64.4 Å². The first-order chi connectivity index (χ1) is 8.66. The zero-order chi connectivity index (χ0) is 13.0. The highest BCUT2D eigenvalue weighted by Gasteiger charge is 2.06. The first-order valence-electron chi connectivity index (χ1n) is 6.06. The first-order valence-corrected chi connectivity index (χ1v) is 6.44. The Morgan fingerprint density at radius 2 is 2.11 bits per heavy atom. The summed E-state index contributed by atoms with van der Waals surface area (Å²) in [6.07, 6.45) is 1.82. The van der Waals surface area contributed by atoms with E-state index in [1.165, 1.54) is 11.1 Å². The Morgan fingerprint density at radius 3 is 2.78 bits per heavy atom. The van der Waals surface area contributed by atoms with Crippen molar-refractivity contribution in [2.24, 2.45) is 0 Å². The molecule has 2 rings (SSSR count). The summed E-state index contributed by atoms with van der Waals surface area (Å²) in [5.74, 6) is 0. The molecule has 2 aromatic rings. The molecule has 0 aliphatic carbocycles. The van der Waals surface area contributed by atoms with Crippen molar-refractivity contribution in [2.45, 2.75) is 26.4 Å². The van der Waals surface area contributed by atoms with Crippen LogP contribution in [0, 0.1) is 6.92 Å². The molecule has 18 heavy (non-hydrogen) atoms. The molecule has 1 unspecified atom stereocenters. The molecule has 3 heteroatoms. The maximum absolute atomic E-state index is 5.95. The number of pyridine rings is 1. The Balaban J connectivity index is 1.99. The summed E-state index contributed by atoms with van der Waals surface area (Å²) in [6.45, 7) is 5.02. The zero-order valence-electron chi connectivity index (χ0n) is 10.7. The van der Waals surface area contributed by atoms with Crippen LogP contribution in [0.4, 0.5) is 0 Å². The standard InChI is InChI=1S/C15H17ClN2/c1-11-9-14(16)7-6-13(11)10-18-12(2)15-5-3-4-8-17-15/h3-9,12,18H,10H2,1-2H3. The second-order valence-electron chi connectivity index (χ2n) is 4.43. The number of nitrogens with zero attached hydrogens (tertiary/aromatic N) is 1. The summed E-state index contributed by atoms with van der Waals surface area (Å²) in [6, 6.07) is 12.2. The monoisotopic (exact) mass is 260 g/mol. The van der Waals surface area contributed by atoms with Gasteiger partial charge < -0.3 is 5.32 Å². The zero-order valence-corrected chi connectivity index (χ0v) is 11.4. The number of halogens is 1. The maximum atomic E-state index is 5.95. The first kappa shape index (κ1) is 13.1. The highest BCUT2D eigenvalue weighted by Crippen LogP contribution is 2.16. The van der Waals surface area contributed by atoms with Gasteiger partial charge in [-0.05, 0) is 49.2 Å².